The van der Waals surface area contributed by atoms with Gasteiger partial charge in [-0.1, -0.05) is 24.9 Å². The molecule has 92 valence electrons. The Morgan fingerprint density at radius 1 is 1.29 bits per heavy atom. The second-order valence-corrected chi connectivity index (χ2v) is 5.03. The van der Waals surface area contributed by atoms with Gasteiger partial charge in [0.05, 0.1) is 5.02 Å². The van der Waals surface area contributed by atoms with Crippen molar-refractivity contribution in [2.24, 2.45) is 11.8 Å². The van der Waals surface area contributed by atoms with E-state index in [0.717, 1.165) is 31.4 Å². The average molecular weight is 259 g/mol. The van der Waals surface area contributed by atoms with Crippen LogP contribution in [-0.2, 0) is 0 Å². The molecular weight excluding hydrogens is 246 g/mol. The Balaban J connectivity index is 2.34. The van der Waals surface area contributed by atoms with E-state index < -0.39 is 11.6 Å². The van der Waals surface area contributed by atoms with Gasteiger partial charge in [0.1, 0.15) is 0 Å². The molecule has 1 aromatic rings. The summed E-state index contributed by atoms with van der Waals surface area (Å²) in [6, 6.07) is 1.77. The lowest BCUT2D eigenvalue weighted by Crippen LogP contribution is -2.18. The first-order valence-corrected chi connectivity index (χ1v) is 6.07. The van der Waals surface area contributed by atoms with Crippen LogP contribution in [0.5, 0.6) is 0 Å². The highest BCUT2D eigenvalue weighted by Gasteiger charge is 2.31. The molecule has 17 heavy (non-hydrogen) atoms. The van der Waals surface area contributed by atoms with E-state index in [4.69, 9.17) is 11.6 Å². The minimum atomic E-state index is -1.02. The van der Waals surface area contributed by atoms with Crippen molar-refractivity contribution >= 4 is 17.4 Å². The van der Waals surface area contributed by atoms with Gasteiger partial charge in [0.2, 0.25) is 0 Å². The van der Waals surface area contributed by atoms with E-state index >= 15 is 0 Å². The summed E-state index contributed by atoms with van der Waals surface area (Å²) in [5.74, 6) is -2.04. The third kappa shape index (κ3) is 2.34. The highest BCUT2D eigenvalue weighted by atomic mass is 35.5. The number of carbonyl (C=O) groups excluding carboxylic acids is 1. The highest BCUT2D eigenvalue weighted by Crippen LogP contribution is 2.35. The quantitative estimate of drug-likeness (QED) is 0.573. The second kappa shape index (κ2) is 4.73. The zero-order valence-corrected chi connectivity index (χ0v) is 10.2. The van der Waals surface area contributed by atoms with Gasteiger partial charge in [-0.3, -0.25) is 4.79 Å². The maximum absolute atomic E-state index is 13.1. The van der Waals surface area contributed by atoms with Gasteiger partial charge < -0.3 is 0 Å². The van der Waals surface area contributed by atoms with Crippen molar-refractivity contribution in [3.8, 4) is 0 Å². The normalized spacial score (nSPS) is 24.0. The molecule has 1 fully saturated rings. The minimum Gasteiger partial charge on any atom is -0.294 e. The number of Topliss-reactive ketones (excluding diaryl/α,β-unsaturated/α-hetero) is 1. The van der Waals surface area contributed by atoms with Crippen molar-refractivity contribution < 1.29 is 13.6 Å². The van der Waals surface area contributed by atoms with Gasteiger partial charge in [-0.15, -0.1) is 0 Å². The van der Waals surface area contributed by atoms with Crippen LogP contribution in [0.25, 0.3) is 0 Å². The van der Waals surface area contributed by atoms with Crippen molar-refractivity contribution in [3.63, 3.8) is 0 Å². The van der Waals surface area contributed by atoms with Crippen molar-refractivity contribution in [1.29, 1.82) is 0 Å². The smallest absolute Gasteiger partial charge is 0.167 e. The molecule has 0 N–H and O–H groups in total. The molecule has 0 amide bonds. The maximum atomic E-state index is 13.1. The molecule has 0 heterocycles. The first-order valence-electron chi connectivity index (χ1n) is 5.69. The Bertz CT molecular complexity index is 459. The monoisotopic (exact) mass is 258 g/mol. The second-order valence-electron chi connectivity index (χ2n) is 4.63. The molecule has 0 radical (unpaired) electrons. The van der Waals surface area contributed by atoms with E-state index in [0.29, 0.717) is 0 Å². The fraction of sp³-hybridized carbons (Fsp3) is 0.462. The molecule has 0 spiro atoms. The van der Waals surface area contributed by atoms with Crippen molar-refractivity contribution in [2.75, 3.05) is 0 Å². The minimum absolute atomic E-state index is 0.00648. The Hall–Kier alpha value is -0.960. The number of halogens is 3. The Kier molecular flexibility index (Phi) is 3.48. The summed E-state index contributed by atoms with van der Waals surface area (Å²) in [6.07, 6.45) is 2.80. The largest absolute Gasteiger partial charge is 0.294 e. The van der Waals surface area contributed by atoms with Crippen LogP contribution in [0.4, 0.5) is 8.78 Å². The summed E-state index contributed by atoms with van der Waals surface area (Å²) in [4.78, 5) is 12.2. The van der Waals surface area contributed by atoms with Crippen molar-refractivity contribution in [1.82, 2.24) is 0 Å². The molecule has 0 bridgehead atoms. The first-order chi connectivity index (χ1) is 8.00. The Labute approximate surface area is 104 Å². The maximum Gasteiger partial charge on any atom is 0.167 e. The number of carbonyl (C=O) groups is 1. The standard InChI is InChI=1S/C13H13ClF2O/c1-7-3-2-4-8(7)13(17)9-5-11(15)12(16)6-10(9)14/h5-8H,2-4H2,1H3. The number of ketones is 1. The summed E-state index contributed by atoms with van der Waals surface area (Å²) >= 11 is 5.79. The lowest BCUT2D eigenvalue weighted by atomic mass is 9.89. The van der Waals surface area contributed by atoms with Gasteiger partial charge in [0.25, 0.3) is 0 Å². The van der Waals surface area contributed by atoms with E-state index in [2.05, 4.69) is 0 Å². The van der Waals surface area contributed by atoms with E-state index in [1.165, 1.54) is 0 Å². The molecular formula is C13H13ClF2O. The predicted octanol–water partition coefficient (Wildman–Crippen LogP) is 4.24. The van der Waals surface area contributed by atoms with Crippen LogP contribution in [0, 0.1) is 23.5 Å². The number of hydrogen-bond donors (Lipinski definition) is 0. The zero-order chi connectivity index (χ0) is 12.6. The molecule has 0 saturated heterocycles. The van der Waals surface area contributed by atoms with Crippen LogP contribution in [0.1, 0.15) is 36.5 Å². The molecule has 0 aromatic heterocycles. The first kappa shape index (κ1) is 12.5. The topological polar surface area (TPSA) is 17.1 Å². The Morgan fingerprint density at radius 3 is 2.53 bits per heavy atom. The molecule has 0 aliphatic heterocycles. The zero-order valence-electron chi connectivity index (χ0n) is 9.47. The lowest BCUT2D eigenvalue weighted by molar-refractivity contribution is 0.0896. The molecule has 1 aliphatic carbocycles. The van der Waals surface area contributed by atoms with Gasteiger partial charge >= 0.3 is 0 Å². The van der Waals surface area contributed by atoms with Crippen LogP contribution in [-0.4, -0.2) is 5.78 Å². The number of rotatable bonds is 2. The summed E-state index contributed by atoms with van der Waals surface area (Å²) in [5.41, 5.74) is 0.101. The molecule has 2 atom stereocenters. The van der Waals surface area contributed by atoms with Gasteiger partial charge in [-0.2, -0.15) is 0 Å². The SMILES string of the molecule is CC1CCCC1C(=O)c1cc(F)c(F)cc1Cl. The summed E-state index contributed by atoms with van der Waals surface area (Å²) in [7, 11) is 0. The lowest BCUT2D eigenvalue weighted by Gasteiger charge is -2.14. The predicted molar refractivity (Wildman–Crippen MR) is 62.2 cm³/mol. The molecule has 1 nitrogen and oxygen atoms in total. The van der Waals surface area contributed by atoms with Crippen molar-refractivity contribution in [2.45, 2.75) is 26.2 Å². The Morgan fingerprint density at radius 2 is 1.94 bits per heavy atom. The van der Waals surface area contributed by atoms with Crippen LogP contribution in [0.3, 0.4) is 0 Å². The third-order valence-corrected chi connectivity index (χ3v) is 3.79. The molecule has 2 rings (SSSR count). The fourth-order valence-corrected chi connectivity index (χ4v) is 2.69. The van der Waals surface area contributed by atoms with Crippen LogP contribution in [0.15, 0.2) is 12.1 Å². The van der Waals surface area contributed by atoms with E-state index in [9.17, 15) is 13.6 Å². The fourth-order valence-electron chi connectivity index (χ4n) is 2.45. The highest BCUT2D eigenvalue weighted by molar-refractivity contribution is 6.34. The molecule has 1 saturated carbocycles. The van der Waals surface area contributed by atoms with Crippen molar-refractivity contribution in [3.05, 3.63) is 34.4 Å². The van der Waals surface area contributed by atoms with Crippen LogP contribution >= 0.6 is 11.6 Å². The summed E-state index contributed by atoms with van der Waals surface area (Å²) in [5, 5.41) is -0.00648. The van der Waals surface area contributed by atoms with E-state index in [1.54, 1.807) is 0 Å². The molecule has 4 heteroatoms. The molecule has 1 aromatic carbocycles. The van der Waals surface area contributed by atoms with Crippen LogP contribution in [0.2, 0.25) is 5.02 Å². The third-order valence-electron chi connectivity index (χ3n) is 3.47. The van der Waals surface area contributed by atoms with E-state index in [1.807, 2.05) is 6.92 Å². The summed E-state index contributed by atoms with van der Waals surface area (Å²) in [6.45, 7) is 2.00. The van der Waals surface area contributed by atoms with E-state index in [-0.39, 0.29) is 28.2 Å². The van der Waals surface area contributed by atoms with Gasteiger partial charge in [-0.05, 0) is 30.9 Å². The molecule has 1 aliphatic rings. The van der Waals surface area contributed by atoms with Gasteiger partial charge in [-0.25, -0.2) is 8.78 Å². The summed E-state index contributed by atoms with van der Waals surface area (Å²) < 4.78 is 26.0. The number of hydrogen-bond acceptors (Lipinski definition) is 1. The average Bonchev–Trinajstić information content (AvgIpc) is 2.69. The van der Waals surface area contributed by atoms with Gasteiger partial charge in [0.15, 0.2) is 17.4 Å². The van der Waals surface area contributed by atoms with Crippen LogP contribution < -0.4 is 0 Å². The van der Waals surface area contributed by atoms with Gasteiger partial charge in [0, 0.05) is 11.5 Å². The molecule has 2 unspecified atom stereocenters. The number of benzene rings is 1.